The molecular weight excluding hydrogens is 338 g/mol. The number of carbonyl (C=O) groups is 1. The quantitative estimate of drug-likeness (QED) is 0.791. The van der Waals surface area contributed by atoms with Crippen molar-refractivity contribution in [3.05, 3.63) is 65.7 Å². The summed E-state index contributed by atoms with van der Waals surface area (Å²) in [5.74, 6) is 0.959. The lowest BCUT2D eigenvalue weighted by atomic mass is 10.1. The first kappa shape index (κ1) is 18.9. The Kier molecular flexibility index (Phi) is 6.84. The molecule has 1 amide bonds. The van der Waals surface area contributed by atoms with Crippen molar-refractivity contribution < 1.29 is 9.53 Å². The van der Waals surface area contributed by atoms with Crippen LogP contribution in [0.25, 0.3) is 0 Å². The summed E-state index contributed by atoms with van der Waals surface area (Å²) >= 11 is 0. The van der Waals surface area contributed by atoms with E-state index >= 15 is 0 Å². The molecule has 0 radical (unpaired) electrons. The summed E-state index contributed by atoms with van der Waals surface area (Å²) in [5.41, 5.74) is 1.88. The Morgan fingerprint density at radius 2 is 1.78 bits per heavy atom. The van der Waals surface area contributed by atoms with Gasteiger partial charge in [-0.3, -0.25) is 9.69 Å². The third kappa shape index (κ3) is 5.83. The average molecular weight is 363 g/mol. The number of amides is 1. The Hall–Kier alpha value is -2.84. The van der Waals surface area contributed by atoms with Gasteiger partial charge in [-0.1, -0.05) is 30.3 Å². The number of benzene rings is 2. The van der Waals surface area contributed by atoms with Crippen molar-refractivity contribution in [2.75, 3.05) is 32.8 Å². The van der Waals surface area contributed by atoms with E-state index in [0.717, 1.165) is 44.9 Å². The molecule has 0 aromatic heterocycles. The third-order valence-corrected chi connectivity index (χ3v) is 4.76. The van der Waals surface area contributed by atoms with Gasteiger partial charge >= 0.3 is 0 Å². The van der Waals surface area contributed by atoms with E-state index in [4.69, 9.17) is 10.00 Å². The van der Waals surface area contributed by atoms with Crippen LogP contribution in [0.2, 0.25) is 0 Å². The largest absolute Gasteiger partial charge is 0.493 e. The molecule has 1 heterocycles. The first-order chi connectivity index (χ1) is 13.2. The highest BCUT2D eigenvalue weighted by molar-refractivity contribution is 5.76. The van der Waals surface area contributed by atoms with E-state index in [1.54, 1.807) is 0 Å². The predicted octanol–water partition coefficient (Wildman–Crippen LogP) is 3.06. The molecule has 140 valence electrons. The van der Waals surface area contributed by atoms with Gasteiger partial charge in [-0.2, -0.15) is 5.26 Å². The van der Waals surface area contributed by atoms with Crippen molar-refractivity contribution in [1.82, 2.24) is 9.80 Å². The molecule has 5 nitrogen and oxygen atoms in total. The molecule has 0 unspecified atom stereocenters. The monoisotopic (exact) mass is 363 g/mol. The molecule has 1 saturated heterocycles. The van der Waals surface area contributed by atoms with Crippen LogP contribution in [0.15, 0.2) is 54.6 Å². The molecule has 0 atom stereocenters. The van der Waals surface area contributed by atoms with Crippen LogP contribution in [0, 0.1) is 11.3 Å². The average Bonchev–Trinajstić information content (AvgIpc) is 2.95. The second kappa shape index (κ2) is 9.75. The number of nitriles is 1. The summed E-state index contributed by atoms with van der Waals surface area (Å²) in [7, 11) is 0. The van der Waals surface area contributed by atoms with Gasteiger partial charge in [0, 0.05) is 32.7 Å². The van der Waals surface area contributed by atoms with Crippen molar-refractivity contribution in [2.24, 2.45) is 0 Å². The second-order valence-corrected chi connectivity index (χ2v) is 6.73. The van der Waals surface area contributed by atoms with E-state index in [2.05, 4.69) is 11.0 Å². The first-order valence-corrected chi connectivity index (χ1v) is 9.41. The number of carbonyl (C=O) groups excluding carboxylic acids is 1. The van der Waals surface area contributed by atoms with Gasteiger partial charge in [-0.05, 0) is 36.2 Å². The van der Waals surface area contributed by atoms with E-state index in [-0.39, 0.29) is 5.91 Å². The van der Waals surface area contributed by atoms with Gasteiger partial charge in [-0.15, -0.1) is 0 Å². The van der Waals surface area contributed by atoms with Crippen LogP contribution in [0.4, 0.5) is 0 Å². The maximum atomic E-state index is 12.5. The molecule has 27 heavy (non-hydrogen) atoms. The van der Waals surface area contributed by atoms with Gasteiger partial charge in [0.2, 0.25) is 5.91 Å². The van der Waals surface area contributed by atoms with E-state index in [0.29, 0.717) is 18.6 Å². The number of nitrogens with zero attached hydrogens (tertiary/aromatic N) is 3. The van der Waals surface area contributed by atoms with E-state index in [9.17, 15) is 4.79 Å². The fourth-order valence-corrected chi connectivity index (χ4v) is 3.25. The van der Waals surface area contributed by atoms with Crippen LogP contribution >= 0.6 is 0 Å². The first-order valence-electron chi connectivity index (χ1n) is 9.41. The zero-order chi connectivity index (χ0) is 18.9. The third-order valence-electron chi connectivity index (χ3n) is 4.76. The minimum Gasteiger partial charge on any atom is -0.493 e. The molecule has 3 rings (SSSR count). The maximum Gasteiger partial charge on any atom is 0.226 e. The van der Waals surface area contributed by atoms with Crippen molar-refractivity contribution >= 4 is 5.91 Å². The Morgan fingerprint density at radius 3 is 2.52 bits per heavy atom. The molecular formula is C22H25N3O2. The van der Waals surface area contributed by atoms with Crippen LogP contribution < -0.4 is 4.74 Å². The highest BCUT2D eigenvalue weighted by atomic mass is 16.5. The lowest BCUT2D eigenvalue weighted by Gasteiger charge is -2.22. The van der Waals surface area contributed by atoms with Crippen LogP contribution in [0.1, 0.15) is 24.0 Å². The fourth-order valence-electron chi connectivity index (χ4n) is 3.25. The number of rotatable bonds is 6. The van der Waals surface area contributed by atoms with E-state index < -0.39 is 0 Å². The summed E-state index contributed by atoms with van der Waals surface area (Å²) in [4.78, 5) is 16.8. The highest BCUT2D eigenvalue weighted by Gasteiger charge is 2.19. The summed E-state index contributed by atoms with van der Waals surface area (Å²) < 4.78 is 5.64. The summed E-state index contributed by atoms with van der Waals surface area (Å²) in [6.07, 6.45) is 1.38. The smallest absolute Gasteiger partial charge is 0.226 e. The van der Waals surface area contributed by atoms with Gasteiger partial charge in [0.15, 0.2) is 0 Å². The Bertz CT molecular complexity index is 768. The van der Waals surface area contributed by atoms with Crippen LogP contribution in [0.5, 0.6) is 5.75 Å². The zero-order valence-electron chi connectivity index (χ0n) is 15.5. The number of ether oxygens (including phenoxy) is 1. The van der Waals surface area contributed by atoms with Crippen molar-refractivity contribution in [1.29, 1.82) is 5.26 Å². The molecule has 1 fully saturated rings. The number of hydrogen-bond donors (Lipinski definition) is 0. The van der Waals surface area contributed by atoms with Gasteiger partial charge in [0.25, 0.3) is 0 Å². The normalized spacial score (nSPS) is 15.0. The minimum atomic E-state index is 0.158. The summed E-state index contributed by atoms with van der Waals surface area (Å²) in [6, 6.07) is 19.5. The molecule has 0 bridgehead atoms. The van der Waals surface area contributed by atoms with Crippen LogP contribution in [0.3, 0.4) is 0 Å². The summed E-state index contributed by atoms with van der Waals surface area (Å²) in [5, 5.41) is 8.89. The SMILES string of the molecule is N#Cc1ccc(CN2CCCN(C(=O)CCOc3ccccc3)CC2)cc1. The second-order valence-electron chi connectivity index (χ2n) is 6.73. The van der Waals surface area contributed by atoms with Gasteiger partial charge in [0.1, 0.15) is 5.75 Å². The topological polar surface area (TPSA) is 56.6 Å². The Morgan fingerprint density at radius 1 is 1.00 bits per heavy atom. The molecule has 1 aliphatic heterocycles. The van der Waals surface area contributed by atoms with Crippen LogP contribution in [-0.2, 0) is 11.3 Å². The minimum absolute atomic E-state index is 0.158. The molecule has 2 aromatic carbocycles. The number of hydrogen-bond acceptors (Lipinski definition) is 4. The predicted molar refractivity (Wildman–Crippen MR) is 104 cm³/mol. The molecule has 0 aliphatic carbocycles. The molecule has 1 aliphatic rings. The van der Waals surface area contributed by atoms with Crippen LogP contribution in [-0.4, -0.2) is 48.5 Å². The summed E-state index contributed by atoms with van der Waals surface area (Å²) in [6.45, 7) is 4.66. The van der Waals surface area contributed by atoms with Crippen molar-refractivity contribution in [3.8, 4) is 11.8 Å². The Balaban J connectivity index is 1.43. The molecule has 0 saturated carbocycles. The van der Waals surface area contributed by atoms with Gasteiger partial charge in [0.05, 0.1) is 24.7 Å². The van der Waals surface area contributed by atoms with Crippen molar-refractivity contribution in [2.45, 2.75) is 19.4 Å². The molecule has 2 aromatic rings. The van der Waals surface area contributed by atoms with Gasteiger partial charge in [-0.25, -0.2) is 0 Å². The maximum absolute atomic E-state index is 12.5. The molecule has 0 spiro atoms. The molecule has 0 N–H and O–H groups in total. The Labute approximate surface area is 160 Å². The number of para-hydroxylation sites is 1. The van der Waals surface area contributed by atoms with Crippen molar-refractivity contribution in [3.63, 3.8) is 0 Å². The lowest BCUT2D eigenvalue weighted by Crippen LogP contribution is -2.35. The zero-order valence-corrected chi connectivity index (χ0v) is 15.5. The molecule has 5 heteroatoms. The lowest BCUT2D eigenvalue weighted by molar-refractivity contribution is -0.131. The fraction of sp³-hybridized carbons (Fsp3) is 0.364. The standard InChI is InChI=1S/C22H25N3O2/c23-17-19-7-9-20(10-8-19)18-24-12-4-13-25(15-14-24)22(26)11-16-27-21-5-2-1-3-6-21/h1-3,5-10H,4,11-16,18H2. The van der Waals surface area contributed by atoms with E-state index in [1.807, 2.05) is 59.5 Å². The van der Waals surface area contributed by atoms with E-state index in [1.165, 1.54) is 5.56 Å². The highest BCUT2D eigenvalue weighted by Crippen LogP contribution is 2.12. The van der Waals surface area contributed by atoms with Gasteiger partial charge < -0.3 is 9.64 Å².